The number of halogens is 2. The molecule has 0 radical (unpaired) electrons. The lowest BCUT2D eigenvalue weighted by Gasteiger charge is -2.16. The average Bonchev–Trinajstić information content (AvgIpc) is 3.45. The van der Waals surface area contributed by atoms with Crippen molar-refractivity contribution >= 4 is 57.8 Å². The average molecular weight is 632 g/mol. The van der Waals surface area contributed by atoms with Crippen molar-refractivity contribution in [3.05, 3.63) is 90.4 Å². The maximum atomic E-state index is 12.6. The number of azo groups is 1. The van der Waals surface area contributed by atoms with Gasteiger partial charge in [0.2, 0.25) is 5.95 Å². The molecule has 15 heteroatoms. The molecular weight excluding hydrogens is 603 g/mol. The van der Waals surface area contributed by atoms with Gasteiger partial charge in [0.15, 0.2) is 17.3 Å². The van der Waals surface area contributed by atoms with Crippen molar-refractivity contribution in [2.75, 3.05) is 11.1 Å². The first-order valence-corrected chi connectivity index (χ1v) is 14.4. The van der Waals surface area contributed by atoms with Gasteiger partial charge in [-0.1, -0.05) is 60.8 Å². The Morgan fingerprint density at radius 2 is 1.64 bits per heavy atom. The Balaban J connectivity index is 1.56. The van der Waals surface area contributed by atoms with E-state index in [1.54, 1.807) is 32.0 Å². The van der Waals surface area contributed by atoms with Crippen molar-refractivity contribution in [1.82, 2.24) is 34.5 Å². The molecule has 0 saturated heterocycles. The molecule has 0 unspecified atom stereocenters. The molecule has 3 aromatic heterocycles. The Labute approximate surface area is 262 Å². The van der Waals surface area contributed by atoms with Gasteiger partial charge in [0, 0.05) is 5.69 Å². The van der Waals surface area contributed by atoms with Crippen LogP contribution in [0.2, 0.25) is 10.0 Å². The van der Waals surface area contributed by atoms with Crippen LogP contribution in [0.25, 0.3) is 16.5 Å². The van der Waals surface area contributed by atoms with E-state index in [9.17, 15) is 4.79 Å². The second-order valence-electron chi connectivity index (χ2n) is 9.88. The molecule has 0 bridgehead atoms. The Bertz CT molecular complexity index is 1990. The van der Waals surface area contributed by atoms with Gasteiger partial charge in [0.25, 0.3) is 11.6 Å². The molecule has 0 amide bonds. The number of aromatic nitrogens is 7. The van der Waals surface area contributed by atoms with E-state index in [-0.39, 0.29) is 34.9 Å². The summed E-state index contributed by atoms with van der Waals surface area (Å²) in [4.78, 5) is 27.3. The van der Waals surface area contributed by atoms with Crippen LogP contribution in [0, 0.1) is 27.3 Å². The molecule has 13 nitrogen and oxygen atoms in total. The normalized spacial score (nSPS) is 11.3. The number of aryl methyl sites for hydroxylation is 5. The Morgan fingerprint density at radius 1 is 1.00 bits per heavy atom. The highest BCUT2D eigenvalue weighted by Crippen LogP contribution is 2.40. The smallest absolute Gasteiger partial charge is 0.351 e. The monoisotopic (exact) mass is 630 g/mol. The third-order valence-corrected chi connectivity index (χ3v) is 7.46. The maximum Gasteiger partial charge on any atom is 0.351 e. The van der Waals surface area contributed by atoms with E-state index in [0.717, 1.165) is 35.2 Å². The van der Waals surface area contributed by atoms with Crippen LogP contribution in [-0.2, 0) is 12.8 Å². The van der Waals surface area contributed by atoms with E-state index in [2.05, 4.69) is 71.5 Å². The highest BCUT2D eigenvalue weighted by molar-refractivity contribution is 6.37. The quantitative estimate of drug-likeness (QED) is 0.121. The number of benzene rings is 2. The summed E-state index contributed by atoms with van der Waals surface area (Å²) in [7, 11) is 0. The minimum absolute atomic E-state index is 0.0320. The van der Waals surface area contributed by atoms with E-state index in [1.807, 2.05) is 6.92 Å². The van der Waals surface area contributed by atoms with Gasteiger partial charge in [-0.3, -0.25) is 4.98 Å². The van der Waals surface area contributed by atoms with Crippen LogP contribution in [0.15, 0.2) is 45.4 Å². The first kappa shape index (κ1) is 30.4. The number of H-pyrrole nitrogens is 1. The lowest BCUT2D eigenvalue weighted by atomic mass is 10.00. The summed E-state index contributed by atoms with van der Waals surface area (Å²) in [5, 5.41) is 21.4. The zero-order valence-electron chi connectivity index (χ0n) is 24.6. The van der Waals surface area contributed by atoms with E-state index >= 15 is 0 Å². The van der Waals surface area contributed by atoms with Crippen LogP contribution in [0.1, 0.15) is 41.9 Å². The summed E-state index contributed by atoms with van der Waals surface area (Å²) in [6.45, 7) is 17.2. The Hall–Kier alpha value is -5.06. The number of hydrogen-bond donors (Lipinski definition) is 3. The zero-order chi connectivity index (χ0) is 31.7. The minimum atomic E-state index is -0.644. The minimum Gasteiger partial charge on any atom is -0.382 e. The molecule has 0 aliphatic carbocycles. The van der Waals surface area contributed by atoms with E-state index in [1.165, 1.54) is 9.36 Å². The second-order valence-corrected chi connectivity index (χ2v) is 10.7. The molecular formula is C29H28Cl2N12O. The summed E-state index contributed by atoms with van der Waals surface area (Å²) in [5.41, 5.74) is 11.5. The number of nitrogen functional groups attached to an aromatic ring is 1. The summed E-state index contributed by atoms with van der Waals surface area (Å²) in [6.07, 6.45) is 1.57. The van der Waals surface area contributed by atoms with Crippen molar-refractivity contribution in [1.29, 1.82) is 0 Å². The molecule has 2 aromatic carbocycles. The number of nitrogens with one attached hydrogen (secondary N) is 2. The van der Waals surface area contributed by atoms with Crippen LogP contribution < -0.4 is 16.7 Å². The lowest BCUT2D eigenvalue weighted by Crippen LogP contribution is -2.20. The van der Waals surface area contributed by atoms with Crippen molar-refractivity contribution in [3.8, 4) is 11.6 Å². The predicted octanol–water partition coefficient (Wildman–Crippen LogP) is 7.19. The summed E-state index contributed by atoms with van der Waals surface area (Å²) in [5.74, 6) is 0.257. The number of aromatic amines is 1. The molecule has 44 heavy (non-hydrogen) atoms. The molecule has 0 aliphatic heterocycles. The third-order valence-electron chi connectivity index (χ3n) is 6.85. The molecule has 0 atom stereocenters. The first-order valence-electron chi connectivity index (χ1n) is 13.6. The summed E-state index contributed by atoms with van der Waals surface area (Å²) < 4.78 is 2.58. The standard InChI is InChI=1S/C29H28Cl2N12O/c1-7-17-12-14(3)13-18(8-2)23(17)34-27-35-28(37-29(44)36-27)43-25(32)21(15(4)41-43)38-39-26-22(33-6)16(5)40-42(26)24-19(30)10-9-11-20(24)31/h9-13H,7-8,32H2,1-5H3,(H2,34,35,36,37,44). The second kappa shape index (κ2) is 12.3. The van der Waals surface area contributed by atoms with Crippen LogP contribution in [0.4, 0.5) is 34.6 Å². The van der Waals surface area contributed by atoms with Gasteiger partial charge in [-0.05, 0) is 56.9 Å². The number of nitrogens with two attached hydrogens (primary N) is 1. The van der Waals surface area contributed by atoms with Crippen molar-refractivity contribution in [2.45, 2.75) is 47.5 Å². The van der Waals surface area contributed by atoms with Gasteiger partial charge in [-0.25, -0.2) is 14.3 Å². The number of hydrogen-bond acceptors (Lipinski definition) is 9. The van der Waals surface area contributed by atoms with Gasteiger partial charge >= 0.3 is 5.69 Å². The SMILES string of the molecule is [C-]#[N+]c1c(C)nn(-c2c(Cl)cccc2Cl)c1N=Nc1c(C)nn(-c2nc(Nc3c(CC)cc(C)cc3CC)[nH]c(=O)n2)c1N. The largest absolute Gasteiger partial charge is 0.382 e. The fourth-order valence-corrected chi connectivity index (χ4v) is 5.35. The fourth-order valence-electron chi connectivity index (χ4n) is 4.79. The molecule has 0 saturated carbocycles. The lowest BCUT2D eigenvalue weighted by molar-refractivity contribution is 0.784. The molecule has 4 N–H and O–H groups in total. The molecule has 0 spiro atoms. The van der Waals surface area contributed by atoms with Crippen LogP contribution in [-0.4, -0.2) is 34.5 Å². The Morgan fingerprint density at radius 3 is 2.25 bits per heavy atom. The van der Waals surface area contributed by atoms with Gasteiger partial charge in [-0.2, -0.15) is 24.8 Å². The van der Waals surface area contributed by atoms with Crippen LogP contribution in [0.5, 0.6) is 0 Å². The van der Waals surface area contributed by atoms with Gasteiger partial charge < -0.3 is 11.1 Å². The number of anilines is 3. The number of rotatable bonds is 8. The Kier molecular flexibility index (Phi) is 8.48. The molecule has 5 rings (SSSR count). The van der Waals surface area contributed by atoms with E-state index in [4.69, 9.17) is 35.5 Å². The summed E-state index contributed by atoms with van der Waals surface area (Å²) >= 11 is 12.8. The number of nitrogens with zero attached hydrogens (tertiary/aromatic N) is 9. The number of para-hydroxylation sites is 1. The molecule has 5 aromatic rings. The van der Waals surface area contributed by atoms with E-state index in [0.29, 0.717) is 27.1 Å². The molecule has 224 valence electrons. The molecule has 0 fully saturated rings. The van der Waals surface area contributed by atoms with Gasteiger partial charge in [0.1, 0.15) is 5.69 Å². The predicted molar refractivity (Wildman–Crippen MR) is 171 cm³/mol. The van der Waals surface area contributed by atoms with Crippen molar-refractivity contribution in [3.63, 3.8) is 0 Å². The van der Waals surface area contributed by atoms with Gasteiger partial charge in [-0.15, -0.1) is 10.2 Å². The highest BCUT2D eigenvalue weighted by atomic mass is 35.5. The van der Waals surface area contributed by atoms with Crippen molar-refractivity contribution < 1.29 is 0 Å². The first-order chi connectivity index (χ1) is 21.1. The van der Waals surface area contributed by atoms with E-state index < -0.39 is 5.69 Å². The van der Waals surface area contributed by atoms with Crippen molar-refractivity contribution in [2.24, 2.45) is 10.2 Å². The molecule has 3 heterocycles. The fraction of sp³-hybridized carbons (Fsp3) is 0.241. The topological polar surface area (TPSA) is 161 Å². The zero-order valence-corrected chi connectivity index (χ0v) is 26.1. The molecule has 0 aliphatic rings. The highest BCUT2D eigenvalue weighted by Gasteiger charge is 2.22. The third kappa shape index (κ3) is 5.64. The van der Waals surface area contributed by atoms with Gasteiger partial charge in [0.05, 0.1) is 28.0 Å². The van der Waals surface area contributed by atoms with Crippen LogP contribution in [0.3, 0.4) is 0 Å². The van der Waals surface area contributed by atoms with Crippen LogP contribution >= 0.6 is 23.2 Å². The summed E-state index contributed by atoms with van der Waals surface area (Å²) in [6, 6.07) is 9.20. The maximum absolute atomic E-state index is 12.6.